The van der Waals surface area contributed by atoms with E-state index in [4.69, 9.17) is 0 Å². The van der Waals surface area contributed by atoms with E-state index in [9.17, 15) is 5.11 Å². The first-order chi connectivity index (χ1) is 6.85. The monoisotopic (exact) mass is 208 g/mol. The molecular weight excluding hydrogens is 184 g/mol. The van der Waals surface area contributed by atoms with E-state index in [0.717, 1.165) is 12.3 Å². The van der Waals surface area contributed by atoms with Crippen molar-refractivity contribution in [3.8, 4) is 0 Å². The first-order valence-electron chi connectivity index (χ1n) is 5.90. The van der Waals surface area contributed by atoms with Gasteiger partial charge in [-0.2, -0.15) is 0 Å². The van der Waals surface area contributed by atoms with Gasteiger partial charge in [-0.25, -0.2) is 0 Å². The smallest absolute Gasteiger partial charge is 0.0879 e. The molecule has 0 aromatic carbocycles. The normalized spacial score (nSPS) is 26.1. The third-order valence-corrected chi connectivity index (χ3v) is 4.26. The van der Waals surface area contributed by atoms with Gasteiger partial charge in [0.15, 0.2) is 0 Å². The van der Waals surface area contributed by atoms with Gasteiger partial charge in [-0.1, -0.05) is 39.0 Å². The third kappa shape index (κ3) is 2.64. The summed E-state index contributed by atoms with van der Waals surface area (Å²) in [6.07, 6.45) is 5.79. The fourth-order valence-electron chi connectivity index (χ4n) is 2.30. The predicted octanol–water partition coefficient (Wildman–Crippen LogP) is 4.47. The summed E-state index contributed by atoms with van der Waals surface area (Å²) in [6, 6.07) is 0. The number of allylic oxidation sites excluding steroid dienone is 3. The molecule has 0 fully saturated rings. The Morgan fingerprint density at radius 2 is 2.27 bits per heavy atom. The van der Waals surface area contributed by atoms with Gasteiger partial charge in [-0.15, -0.1) is 0 Å². The molecule has 1 N–H and O–H groups in total. The number of rotatable bonds is 4. The summed E-state index contributed by atoms with van der Waals surface area (Å²) in [5.74, 6) is 1.30. The third-order valence-electron chi connectivity index (χ3n) is 4.26. The Kier molecular flexibility index (Phi) is 3.64. The Bertz CT molecular complexity index is 273. The average molecular weight is 208 g/mol. The molecule has 1 nitrogen and oxygen atoms in total. The molecule has 0 bridgehead atoms. The molecule has 1 rings (SSSR count). The molecule has 0 aliphatic heterocycles. The summed E-state index contributed by atoms with van der Waals surface area (Å²) in [6.45, 7) is 12.5. The van der Waals surface area contributed by atoms with E-state index in [2.05, 4.69) is 33.4 Å². The lowest BCUT2D eigenvalue weighted by Gasteiger charge is -2.30. The summed E-state index contributed by atoms with van der Waals surface area (Å²) in [4.78, 5) is 0. The highest BCUT2D eigenvalue weighted by molar-refractivity contribution is 5.18. The molecule has 1 aliphatic rings. The van der Waals surface area contributed by atoms with E-state index in [1.165, 1.54) is 18.4 Å². The lowest BCUT2D eigenvalue weighted by molar-refractivity contribution is 0.246. The fraction of sp³-hybridized carbons (Fsp3) is 0.714. The zero-order valence-electron chi connectivity index (χ0n) is 10.5. The van der Waals surface area contributed by atoms with Gasteiger partial charge in [0.25, 0.3) is 0 Å². The van der Waals surface area contributed by atoms with Crippen LogP contribution in [0.4, 0.5) is 0 Å². The summed E-state index contributed by atoms with van der Waals surface area (Å²) in [5, 5.41) is 9.27. The SMILES string of the molecule is C=C(O)C(C)CCC1CC=C(C)C1(C)C. The standard InChI is InChI=1S/C14H24O/c1-10(12(3)15)6-8-13-9-7-11(2)14(13,4)5/h7,10,13,15H,3,6,8-9H2,1-2,4-5H3. The molecule has 15 heavy (non-hydrogen) atoms. The van der Waals surface area contributed by atoms with E-state index in [1.807, 2.05) is 6.92 Å². The Labute approximate surface area is 93.9 Å². The van der Waals surface area contributed by atoms with Crippen LogP contribution in [0.2, 0.25) is 0 Å². The predicted molar refractivity (Wildman–Crippen MR) is 65.8 cm³/mol. The van der Waals surface area contributed by atoms with Crippen LogP contribution in [0.25, 0.3) is 0 Å². The van der Waals surface area contributed by atoms with Crippen molar-refractivity contribution >= 4 is 0 Å². The van der Waals surface area contributed by atoms with Crippen molar-refractivity contribution in [1.29, 1.82) is 0 Å². The van der Waals surface area contributed by atoms with Crippen molar-refractivity contribution in [2.24, 2.45) is 17.3 Å². The maximum atomic E-state index is 9.27. The van der Waals surface area contributed by atoms with Crippen LogP contribution in [0.15, 0.2) is 24.0 Å². The number of hydrogen-bond donors (Lipinski definition) is 1. The number of aliphatic hydroxyl groups excluding tert-OH is 1. The second-order valence-electron chi connectivity index (χ2n) is 5.51. The molecular formula is C14H24O. The molecule has 0 radical (unpaired) electrons. The molecule has 1 heteroatoms. The van der Waals surface area contributed by atoms with Crippen molar-refractivity contribution in [3.05, 3.63) is 24.0 Å². The number of aliphatic hydroxyl groups is 1. The minimum absolute atomic E-state index is 0.238. The van der Waals surface area contributed by atoms with Crippen LogP contribution in [0.1, 0.15) is 47.0 Å². The fourth-order valence-corrected chi connectivity index (χ4v) is 2.30. The number of hydrogen-bond acceptors (Lipinski definition) is 1. The summed E-state index contributed by atoms with van der Waals surface area (Å²) in [7, 11) is 0. The van der Waals surface area contributed by atoms with Gasteiger partial charge in [-0.3, -0.25) is 0 Å². The largest absolute Gasteiger partial charge is 0.513 e. The first kappa shape index (κ1) is 12.4. The quantitative estimate of drug-likeness (QED) is 0.534. The molecule has 0 spiro atoms. The van der Waals surface area contributed by atoms with Crippen molar-refractivity contribution in [2.75, 3.05) is 0 Å². The molecule has 0 saturated carbocycles. The van der Waals surface area contributed by atoms with E-state index < -0.39 is 0 Å². The van der Waals surface area contributed by atoms with Crippen LogP contribution in [-0.2, 0) is 0 Å². The molecule has 2 atom stereocenters. The first-order valence-corrected chi connectivity index (χ1v) is 5.90. The van der Waals surface area contributed by atoms with Gasteiger partial charge >= 0.3 is 0 Å². The summed E-state index contributed by atoms with van der Waals surface area (Å²) < 4.78 is 0. The van der Waals surface area contributed by atoms with Gasteiger partial charge in [0.1, 0.15) is 0 Å². The average Bonchev–Trinajstić information content (AvgIpc) is 2.39. The molecule has 1 aliphatic carbocycles. The zero-order valence-corrected chi connectivity index (χ0v) is 10.5. The van der Waals surface area contributed by atoms with Crippen LogP contribution in [0.5, 0.6) is 0 Å². The molecule has 0 saturated heterocycles. The van der Waals surface area contributed by atoms with Crippen LogP contribution in [0.3, 0.4) is 0 Å². The summed E-state index contributed by atoms with van der Waals surface area (Å²) in [5.41, 5.74) is 1.86. The molecule has 2 unspecified atom stereocenters. The van der Waals surface area contributed by atoms with Gasteiger partial charge in [0, 0.05) is 5.92 Å². The second-order valence-corrected chi connectivity index (χ2v) is 5.51. The zero-order chi connectivity index (χ0) is 11.6. The summed E-state index contributed by atoms with van der Waals surface area (Å²) >= 11 is 0. The van der Waals surface area contributed by atoms with Crippen molar-refractivity contribution < 1.29 is 5.11 Å². The van der Waals surface area contributed by atoms with Crippen LogP contribution in [-0.4, -0.2) is 5.11 Å². The van der Waals surface area contributed by atoms with Crippen LogP contribution < -0.4 is 0 Å². The highest BCUT2D eigenvalue weighted by Gasteiger charge is 2.34. The van der Waals surface area contributed by atoms with Gasteiger partial charge in [0.2, 0.25) is 0 Å². The van der Waals surface area contributed by atoms with Crippen LogP contribution >= 0.6 is 0 Å². The Morgan fingerprint density at radius 3 is 2.67 bits per heavy atom. The lowest BCUT2D eigenvalue weighted by atomic mass is 9.75. The van der Waals surface area contributed by atoms with Gasteiger partial charge < -0.3 is 5.11 Å². The van der Waals surface area contributed by atoms with Crippen molar-refractivity contribution in [1.82, 2.24) is 0 Å². The van der Waals surface area contributed by atoms with Crippen molar-refractivity contribution in [2.45, 2.75) is 47.0 Å². The van der Waals surface area contributed by atoms with Gasteiger partial charge in [0.05, 0.1) is 5.76 Å². The Morgan fingerprint density at radius 1 is 1.67 bits per heavy atom. The Hall–Kier alpha value is -0.720. The molecule has 0 amide bonds. The maximum Gasteiger partial charge on any atom is 0.0879 e. The van der Waals surface area contributed by atoms with E-state index in [1.54, 1.807) is 0 Å². The van der Waals surface area contributed by atoms with E-state index in [-0.39, 0.29) is 5.92 Å². The highest BCUT2D eigenvalue weighted by atomic mass is 16.3. The maximum absolute atomic E-state index is 9.27. The molecule has 0 aromatic heterocycles. The van der Waals surface area contributed by atoms with E-state index >= 15 is 0 Å². The minimum atomic E-state index is 0.238. The molecule has 0 heterocycles. The van der Waals surface area contributed by atoms with E-state index in [0.29, 0.717) is 11.2 Å². The van der Waals surface area contributed by atoms with Crippen molar-refractivity contribution in [3.63, 3.8) is 0 Å². The van der Waals surface area contributed by atoms with Gasteiger partial charge in [-0.05, 0) is 37.5 Å². The topological polar surface area (TPSA) is 20.2 Å². The molecule has 86 valence electrons. The lowest BCUT2D eigenvalue weighted by Crippen LogP contribution is -2.21. The minimum Gasteiger partial charge on any atom is -0.513 e. The Balaban J connectivity index is 2.46. The second kappa shape index (κ2) is 4.42. The molecule has 0 aromatic rings. The van der Waals surface area contributed by atoms with Crippen LogP contribution in [0, 0.1) is 17.3 Å². The highest BCUT2D eigenvalue weighted by Crippen LogP contribution is 2.45.